The van der Waals surface area contributed by atoms with Crippen molar-refractivity contribution in [2.45, 2.75) is 26.8 Å². The zero-order chi connectivity index (χ0) is 18.4. The van der Waals surface area contributed by atoms with E-state index < -0.39 is 0 Å². The lowest BCUT2D eigenvalue weighted by molar-refractivity contribution is -0.121. The number of hydrogen-bond acceptors (Lipinski definition) is 3. The summed E-state index contributed by atoms with van der Waals surface area (Å²) in [4.78, 5) is 40.5. The first kappa shape index (κ1) is 16.5. The summed E-state index contributed by atoms with van der Waals surface area (Å²) < 4.78 is 0. The van der Waals surface area contributed by atoms with Gasteiger partial charge in [0.25, 0.3) is 11.8 Å². The van der Waals surface area contributed by atoms with E-state index in [4.69, 9.17) is 0 Å². The summed E-state index contributed by atoms with van der Waals surface area (Å²) in [5.74, 6) is -0.416. The molecule has 0 saturated carbocycles. The number of amides is 3. The molecule has 0 saturated heterocycles. The summed E-state index contributed by atoms with van der Waals surface area (Å²) in [5, 5.41) is 0. The number of nitrogens with zero attached hydrogens (tertiary/aromatic N) is 2. The van der Waals surface area contributed by atoms with E-state index in [0.717, 1.165) is 23.2 Å². The molecule has 2 aromatic carbocycles. The van der Waals surface area contributed by atoms with Crippen molar-refractivity contribution in [3.8, 4) is 0 Å². The van der Waals surface area contributed by atoms with Crippen molar-refractivity contribution in [3.05, 3.63) is 64.7 Å². The zero-order valence-corrected chi connectivity index (χ0v) is 14.9. The minimum Gasteiger partial charge on any atom is -0.312 e. The van der Waals surface area contributed by atoms with Crippen LogP contribution < -0.4 is 4.90 Å². The Kier molecular flexibility index (Phi) is 3.87. The fraction of sp³-hybridized carbons (Fsp3) is 0.286. The molecule has 3 amide bonds. The molecule has 0 N–H and O–H groups in total. The van der Waals surface area contributed by atoms with E-state index in [1.807, 2.05) is 36.9 Å². The van der Waals surface area contributed by atoms with Crippen molar-refractivity contribution in [2.24, 2.45) is 5.92 Å². The Labute approximate surface area is 152 Å². The minimum atomic E-state index is -0.247. The molecule has 2 aromatic rings. The molecular weight excluding hydrogens is 328 g/mol. The van der Waals surface area contributed by atoms with Crippen molar-refractivity contribution >= 4 is 23.4 Å². The van der Waals surface area contributed by atoms with Crippen LogP contribution in [0.15, 0.2) is 42.5 Å². The number of hydrogen-bond donors (Lipinski definition) is 0. The average Bonchev–Trinajstić information content (AvgIpc) is 3.16. The van der Waals surface area contributed by atoms with Gasteiger partial charge in [-0.05, 0) is 35.7 Å². The highest BCUT2D eigenvalue weighted by molar-refractivity contribution is 6.21. The quantitative estimate of drug-likeness (QED) is 0.801. The number of benzene rings is 2. The molecule has 4 rings (SSSR count). The second kappa shape index (κ2) is 6.09. The number of fused-ring (bicyclic) bond motifs is 2. The van der Waals surface area contributed by atoms with Crippen LogP contribution in [0, 0.1) is 5.92 Å². The van der Waals surface area contributed by atoms with Gasteiger partial charge >= 0.3 is 0 Å². The maximum atomic E-state index is 12.5. The summed E-state index contributed by atoms with van der Waals surface area (Å²) in [6.45, 7) is 4.73. The molecule has 0 unspecified atom stereocenters. The van der Waals surface area contributed by atoms with Crippen molar-refractivity contribution in [3.63, 3.8) is 0 Å². The Hall–Kier alpha value is -2.95. The second-order valence-corrected chi connectivity index (χ2v) is 7.10. The number of carbonyl (C=O) groups excluding carboxylic acids is 3. The van der Waals surface area contributed by atoms with Crippen LogP contribution in [0.5, 0.6) is 0 Å². The highest BCUT2D eigenvalue weighted by atomic mass is 16.2. The van der Waals surface area contributed by atoms with Gasteiger partial charge in [-0.15, -0.1) is 0 Å². The normalized spacial score (nSPS) is 15.7. The van der Waals surface area contributed by atoms with Gasteiger partial charge in [0.15, 0.2) is 0 Å². The van der Waals surface area contributed by atoms with E-state index in [1.165, 1.54) is 4.90 Å². The molecule has 0 radical (unpaired) electrons. The van der Waals surface area contributed by atoms with Gasteiger partial charge in [0.1, 0.15) is 0 Å². The molecule has 0 fully saturated rings. The number of carbonyl (C=O) groups is 3. The van der Waals surface area contributed by atoms with Crippen LogP contribution in [0.1, 0.15) is 45.7 Å². The van der Waals surface area contributed by atoms with E-state index in [1.54, 1.807) is 24.3 Å². The van der Waals surface area contributed by atoms with Gasteiger partial charge in [0, 0.05) is 18.2 Å². The van der Waals surface area contributed by atoms with Crippen molar-refractivity contribution in [1.82, 2.24) is 4.90 Å². The van der Waals surface area contributed by atoms with Crippen LogP contribution >= 0.6 is 0 Å². The van der Waals surface area contributed by atoms with Crippen LogP contribution in [0.4, 0.5) is 5.69 Å². The topological polar surface area (TPSA) is 57.7 Å². The van der Waals surface area contributed by atoms with Crippen molar-refractivity contribution in [2.75, 3.05) is 11.4 Å². The Morgan fingerprint density at radius 3 is 2.31 bits per heavy atom. The van der Waals surface area contributed by atoms with Crippen LogP contribution in [0.3, 0.4) is 0 Å². The molecule has 2 aliphatic rings. The minimum absolute atomic E-state index is 0.0426. The van der Waals surface area contributed by atoms with E-state index >= 15 is 0 Å². The Morgan fingerprint density at radius 1 is 1.04 bits per heavy atom. The lowest BCUT2D eigenvalue weighted by Gasteiger charge is -2.20. The summed E-state index contributed by atoms with van der Waals surface area (Å²) in [5.41, 5.74) is 3.86. The van der Waals surface area contributed by atoms with E-state index in [-0.39, 0.29) is 30.2 Å². The number of imide groups is 1. The maximum Gasteiger partial charge on any atom is 0.261 e. The molecule has 2 heterocycles. The summed E-state index contributed by atoms with van der Waals surface area (Å²) in [7, 11) is 0. The lowest BCUT2D eigenvalue weighted by atomic mass is 10.1. The molecule has 0 spiro atoms. The highest BCUT2D eigenvalue weighted by Crippen LogP contribution is 2.31. The van der Waals surface area contributed by atoms with Gasteiger partial charge in [0.05, 0.1) is 17.7 Å². The third-order valence-corrected chi connectivity index (χ3v) is 5.02. The standard InChI is InChI=1S/C21H20N2O3/c1-13(2)19(24)22-10-9-15-11-14(7-8-18(15)22)12-23-20(25)16-5-3-4-6-17(16)21(23)26/h3-8,11,13H,9-10,12H2,1-2H3. The molecule has 0 aromatic heterocycles. The highest BCUT2D eigenvalue weighted by Gasteiger charge is 2.35. The Bertz CT molecular complexity index is 898. The predicted octanol–water partition coefficient (Wildman–Crippen LogP) is 3.03. The zero-order valence-electron chi connectivity index (χ0n) is 14.9. The fourth-order valence-corrected chi connectivity index (χ4v) is 3.66. The van der Waals surface area contributed by atoms with Crippen LogP contribution in [-0.2, 0) is 17.8 Å². The molecule has 5 heteroatoms. The number of anilines is 1. The predicted molar refractivity (Wildman–Crippen MR) is 98.0 cm³/mol. The van der Waals surface area contributed by atoms with Crippen LogP contribution in [0.2, 0.25) is 0 Å². The lowest BCUT2D eigenvalue weighted by Crippen LogP contribution is -2.32. The van der Waals surface area contributed by atoms with Crippen LogP contribution in [-0.4, -0.2) is 29.2 Å². The summed E-state index contributed by atoms with van der Waals surface area (Å²) in [6, 6.07) is 12.7. The van der Waals surface area contributed by atoms with E-state index in [9.17, 15) is 14.4 Å². The fourth-order valence-electron chi connectivity index (χ4n) is 3.66. The molecule has 0 bridgehead atoms. The first-order valence-electron chi connectivity index (χ1n) is 8.86. The third-order valence-electron chi connectivity index (χ3n) is 5.02. The van der Waals surface area contributed by atoms with Crippen molar-refractivity contribution < 1.29 is 14.4 Å². The smallest absolute Gasteiger partial charge is 0.261 e. The summed E-state index contributed by atoms with van der Waals surface area (Å²) >= 11 is 0. The van der Waals surface area contributed by atoms with E-state index in [2.05, 4.69) is 0 Å². The van der Waals surface area contributed by atoms with E-state index in [0.29, 0.717) is 17.7 Å². The largest absolute Gasteiger partial charge is 0.312 e. The molecular formula is C21H20N2O3. The Balaban J connectivity index is 1.57. The van der Waals surface area contributed by atoms with Gasteiger partial charge in [-0.3, -0.25) is 19.3 Å². The monoisotopic (exact) mass is 348 g/mol. The van der Waals surface area contributed by atoms with Gasteiger partial charge in [-0.1, -0.05) is 38.1 Å². The number of rotatable bonds is 3. The molecule has 2 aliphatic heterocycles. The molecule has 132 valence electrons. The molecule has 0 atom stereocenters. The first-order valence-corrected chi connectivity index (χ1v) is 8.86. The third kappa shape index (κ3) is 2.51. The first-order chi connectivity index (χ1) is 12.5. The van der Waals surface area contributed by atoms with Crippen LogP contribution in [0.25, 0.3) is 0 Å². The van der Waals surface area contributed by atoms with Crippen molar-refractivity contribution in [1.29, 1.82) is 0 Å². The maximum absolute atomic E-state index is 12.5. The van der Waals surface area contributed by atoms with Gasteiger partial charge in [-0.25, -0.2) is 0 Å². The Morgan fingerprint density at radius 2 is 1.69 bits per heavy atom. The van der Waals surface area contributed by atoms with Gasteiger partial charge in [0.2, 0.25) is 5.91 Å². The summed E-state index contributed by atoms with van der Waals surface area (Å²) in [6.07, 6.45) is 0.795. The molecule has 26 heavy (non-hydrogen) atoms. The molecule has 5 nitrogen and oxygen atoms in total. The second-order valence-electron chi connectivity index (χ2n) is 7.10. The SMILES string of the molecule is CC(C)C(=O)N1CCc2cc(CN3C(=O)c4ccccc4C3=O)ccc21. The average molecular weight is 348 g/mol. The molecule has 0 aliphatic carbocycles. The van der Waals surface area contributed by atoms with Gasteiger partial charge in [-0.2, -0.15) is 0 Å². The van der Waals surface area contributed by atoms with Gasteiger partial charge < -0.3 is 4.90 Å².